The normalized spacial score (nSPS) is 18.4. The van der Waals surface area contributed by atoms with E-state index in [1.807, 2.05) is 29.2 Å². The lowest BCUT2D eigenvalue weighted by Crippen LogP contribution is -2.39. The van der Waals surface area contributed by atoms with Gasteiger partial charge in [0.2, 0.25) is 5.91 Å². The van der Waals surface area contributed by atoms with E-state index in [0.29, 0.717) is 26.2 Å². The average molecular weight is 260 g/mol. The number of benzene rings is 1. The second kappa shape index (κ2) is 5.61. The molecule has 0 saturated heterocycles. The summed E-state index contributed by atoms with van der Waals surface area (Å²) in [5.41, 5.74) is 1.09. The molecule has 1 heterocycles. The van der Waals surface area contributed by atoms with E-state index in [1.54, 1.807) is 0 Å². The molecule has 3 rings (SSSR count). The van der Waals surface area contributed by atoms with Gasteiger partial charge in [-0.15, -0.1) is 0 Å². The summed E-state index contributed by atoms with van der Waals surface area (Å²) in [6, 6.07) is 7.95. The number of nitrogens with zero attached hydrogens (tertiary/aromatic N) is 1. The Morgan fingerprint density at radius 2 is 2.21 bits per heavy atom. The van der Waals surface area contributed by atoms with Crippen molar-refractivity contribution in [3.05, 3.63) is 29.8 Å². The third-order valence-electron chi connectivity index (χ3n) is 3.71. The molecule has 0 bridgehead atoms. The van der Waals surface area contributed by atoms with E-state index >= 15 is 0 Å². The molecule has 1 N–H and O–H groups in total. The average Bonchev–Trinajstić information content (AvgIpc) is 3.23. The van der Waals surface area contributed by atoms with Gasteiger partial charge in [0.15, 0.2) is 0 Å². The summed E-state index contributed by atoms with van der Waals surface area (Å²) in [5.74, 6) is 1.88. The number of hydrogen-bond acceptors (Lipinski definition) is 3. The van der Waals surface area contributed by atoms with E-state index < -0.39 is 0 Å². The molecule has 1 saturated carbocycles. The summed E-state index contributed by atoms with van der Waals surface area (Å²) in [6.45, 7) is 3.31. The Hall–Kier alpha value is -1.55. The van der Waals surface area contributed by atoms with Crippen LogP contribution in [0.3, 0.4) is 0 Å². The quantitative estimate of drug-likeness (QED) is 0.890. The predicted molar refractivity (Wildman–Crippen MR) is 72.9 cm³/mol. The van der Waals surface area contributed by atoms with Crippen LogP contribution >= 0.6 is 0 Å². The first-order chi connectivity index (χ1) is 9.33. The van der Waals surface area contributed by atoms with Crippen LogP contribution in [-0.4, -0.2) is 37.0 Å². The first-order valence-corrected chi connectivity index (χ1v) is 7.02. The van der Waals surface area contributed by atoms with Crippen molar-refractivity contribution in [2.45, 2.75) is 19.4 Å². The van der Waals surface area contributed by atoms with E-state index in [2.05, 4.69) is 5.32 Å². The van der Waals surface area contributed by atoms with Gasteiger partial charge in [0.1, 0.15) is 12.4 Å². The van der Waals surface area contributed by atoms with Gasteiger partial charge >= 0.3 is 0 Å². The van der Waals surface area contributed by atoms with Crippen molar-refractivity contribution in [2.24, 2.45) is 5.92 Å². The minimum absolute atomic E-state index is 0.168. The van der Waals surface area contributed by atoms with Crippen LogP contribution in [0.25, 0.3) is 0 Å². The number of rotatable bonds is 4. The predicted octanol–water partition coefficient (Wildman–Crippen LogP) is 1.41. The molecule has 1 aromatic rings. The second-order valence-corrected chi connectivity index (χ2v) is 5.35. The lowest BCUT2D eigenvalue weighted by Gasteiger charge is -2.20. The molecule has 0 spiro atoms. The van der Waals surface area contributed by atoms with E-state index in [-0.39, 0.29) is 5.91 Å². The standard InChI is InChI=1S/C15H20N2O2/c18-15(10-16-9-12-5-6-12)17-7-8-19-14-4-2-1-3-13(14)11-17/h1-4,12,16H,5-11H2. The zero-order valence-electron chi connectivity index (χ0n) is 11.1. The molecule has 0 radical (unpaired) electrons. The van der Waals surface area contributed by atoms with Gasteiger partial charge in [0, 0.05) is 12.1 Å². The van der Waals surface area contributed by atoms with E-state index in [4.69, 9.17) is 4.74 Å². The fourth-order valence-electron chi connectivity index (χ4n) is 2.36. The van der Waals surface area contributed by atoms with Gasteiger partial charge in [-0.2, -0.15) is 0 Å². The third kappa shape index (κ3) is 3.26. The van der Waals surface area contributed by atoms with Gasteiger partial charge in [0.05, 0.1) is 13.1 Å². The maximum atomic E-state index is 12.2. The zero-order valence-corrected chi connectivity index (χ0v) is 11.1. The molecular weight excluding hydrogens is 240 g/mol. The Labute approximate surface area is 113 Å². The molecule has 1 aromatic carbocycles. The molecule has 0 atom stereocenters. The van der Waals surface area contributed by atoms with Crippen molar-refractivity contribution in [3.63, 3.8) is 0 Å². The van der Waals surface area contributed by atoms with Crippen LogP contribution in [0.4, 0.5) is 0 Å². The lowest BCUT2D eigenvalue weighted by atomic mass is 10.2. The highest BCUT2D eigenvalue weighted by Crippen LogP contribution is 2.27. The van der Waals surface area contributed by atoms with Crippen LogP contribution in [0.15, 0.2) is 24.3 Å². The molecular formula is C15H20N2O2. The molecule has 0 unspecified atom stereocenters. The maximum absolute atomic E-state index is 12.2. The lowest BCUT2D eigenvalue weighted by molar-refractivity contribution is -0.131. The molecule has 1 aliphatic heterocycles. The van der Waals surface area contributed by atoms with E-state index in [9.17, 15) is 4.79 Å². The van der Waals surface area contributed by atoms with Crippen molar-refractivity contribution < 1.29 is 9.53 Å². The summed E-state index contributed by atoms with van der Waals surface area (Å²) < 4.78 is 5.67. The number of fused-ring (bicyclic) bond motifs is 1. The van der Waals surface area contributed by atoms with Crippen LogP contribution in [0.1, 0.15) is 18.4 Å². The molecule has 1 amide bonds. The van der Waals surface area contributed by atoms with Crippen molar-refractivity contribution in [1.82, 2.24) is 10.2 Å². The maximum Gasteiger partial charge on any atom is 0.236 e. The van der Waals surface area contributed by atoms with Crippen LogP contribution in [-0.2, 0) is 11.3 Å². The van der Waals surface area contributed by atoms with Gasteiger partial charge in [-0.25, -0.2) is 0 Å². The number of para-hydroxylation sites is 1. The van der Waals surface area contributed by atoms with Gasteiger partial charge < -0.3 is 15.0 Å². The van der Waals surface area contributed by atoms with Crippen LogP contribution < -0.4 is 10.1 Å². The Morgan fingerprint density at radius 3 is 3.05 bits per heavy atom. The molecule has 2 aliphatic rings. The smallest absolute Gasteiger partial charge is 0.236 e. The number of carbonyl (C=O) groups excluding carboxylic acids is 1. The molecule has 1 aliphatic carbocycles. The fourth-order valence-corrected chi connectivity index (χ4v) is 2.36. The highest BCUT2D eigenvalue weighted by Gasteiger charge is 2.22. The number of hydrogen-bond donors (Lipinski definition) is 1. The Bertz CT molecular complexity index is 457. The van der Waals surface area contributed by atoms with Crippen LogP contribution in [0, 0.1) is 5.92 Å². The summed E-state index contributed by atoms with van der Waals surface area (Å²) in [6.07, 6.45) is 2.62. The Kier molecular flexibility index (Phi) is 3.69. The number of carbonyl (C=O) groups is 1. The van der Waals surface area contributed by atoms with E-state index in [0.717, 1.165) is 23.8 Å². The first kappa shape index (κ1) is 12.5. The molecule has 0 aromatic heterocycles. The topological polar surface area (TPSA) is 41.6 Å². The highest BCUT2D eigenvalue weighted by molar-refractivity contribution is 5.78. The number of amides is 1. The largest absolute Gasteiger partial charge is 0.491 e. The van der Waals surface area contributed by atoms with Crippen molar-refractivity contribution in [3.8, 4) is 5.75 Å². The minimum Gasteiger partial charge on any atom is -0.491 e. The van der Waals surface area contributed by atoms with Gasteiger partial charge in [-0.3, -0.25) is 4.79 Å². The first-order valence-electron chi connectivity index (χ1n) is 7.02. The number of nitrogens with one attached hydrogen (secondary N) is 1. The number of ether oxygens (including phenoxy) is 1. The SMILES string of the molecule is O=C(CNCC1CC1)N1CCOc2ccccc2C1. The van der Waals surface area contributed by atoms with Crippen LogP contribution in [0.2, 0.25) is 0 Å². The summed E-state index contributed by atoms with van der Waals surface area (Å²) in [5, 5.41) is 3.26. The van der Waals surface area contributed by atoms with Crippen molar-refractivity contribution in [1.29, 1.82) is 0 Å². The molecule has 102 valence electrons. The summed E-state index contributed by atoms with van der Waals surface area (Å²) in [4.78, 5) is 14.1. The highest BCUT2D eigenvalue weighted by atomic mass is 16.5. The van der Waals surface area contributed by atoms with Gasteiger partial charge in [0.25, 0.3) is 0 Å². The third-order valence-corrected chi connectivity index (χ3v) is 3.71. The Balaban J connectivity index is 1.56. The molecule has 19 heavy (non-hydrogen) atoms. The Morgan fingerprint density at radius 1 is 1.37 bits per heavy atom. The monoisotopic (exact) mass is 260 g/mol. The zero-order chi connectivity index (χ0) is 13.1. The van der Waals surface area contributed by atoms with Gasteiger partial charge in [-0.05, 0) is 31.4 Å². The molecule has 4 heteroatoms. The summed E-state index contributed by atoms with van der Waals surface area (Å²) >= 11 is 0. The fraction of sp³-hybridized carbons (Fsp3) is 0.533. The van der Waals surface area contributed by atoms with Crippen molar-refractivity contribution >= 4 is 5.91 Å². The van der Waals surface area contributed by atoms with Crippen LogP contribution in [0.5, 0.6) is 5.75 Å². The second-order valence-electron chi connectivity index (χ2n) is 5.35. The van der Waals surface area contributed by atoms with E-state index in [1.165, 1.54) is 12.8 Å². The molecule has 4 nitrogen and oxygen atoms in total. The van der Waals surface area contributed by atoms with Crippen molar-refractivity contribution in [2.75, 3.05) is 26.2 Å². The van der Waals surface area contributed by atoms with Gasteiger partial charge in [-0.1, -0.05) is 18.2 Å². The summed E-state index contributed by atoms with van der Waals surface area (Å²) in [7, 11) is 0. The minimum atomic E-state index is 0.168. The molecule has 1 fully saturated rings.